The molecule has 0 aliphatic rings. The topological polar surface area (TPSA) is 77.8 Å². The van der Waals surface area contributed by atoms with E-state index in [9.17, 15) is 9.59 Å². The van der Waals surface area contributed by atoms with Crippen molar-refractivity contribution in [3.8, 4) is 0 Å². The predicted octanol–water partition coefficient (Wildman–Crippen LogP) is -0.160. The van der Waals surface area contributed by atoms with Gasteiger partial charge >= 0.3 is 41.4 Å². The molecule has 5 nitrogen and oxygen atoms in total. The molecule has 0 spiro atoms. The molecular formula is C9H10NNaO4. The van der Waals surface area contributed by atoms with Crippen LogP contribution in [0.2, 0.25) is 0 Å². The molecule has 0 radical (unpaired) electrons. The van der Waals surface area contributed by atoms with Gasteiger partial charge in [0.2, 0.25) is 0 Å². The molecule has 0 heterocycles. The van der Waals surface area contributed by atoms with Crippen molar-refractivity contribution >= 4 is 41.4 Å². The van der Waals surface area contributed by atoms with Crippen LogP contribution in [0.5, 0.6) is 0 Å². The minimum atomic E-state index is -1.68. The van der Waals surface area contributed by atoms with Crippen LogP contribution in [0.3, 0.4) is 0 Å². The summed E-state index contributed by atoms with van der Waals surface area (Å²) in [6.07, 6.45) is 0. The van der Waals surface area contributed by atoms with E-state index in [2.05, 4.69) is 0 Å². The fraction of sp³-hybridized carbons (Fsp3) is 0.111. The van der Waals surface area contributed by atoms with Gasteiger partial charge in [0.1, 0.15) is 0 Å². The second-order valence-corrected chi connectivity index (χ2v) is 2.65. The molecule has 6 heteroatoms. The Labute approximate surface area is 109 Å². The summed E-state index contributed by atoms with van der Waals surface area (Å²) in [4.78, 5) is 20.9. The molecule has 1 amide bonds. The number of hydrogen-bond acceptors (Lipinski definition) is 3. The molecule has 2 N–H and O–H groups in total. The van der Waals surface area contributed by atoms with Crippen molar-refractivity contribution < 1.29 is 19.9 Å². The molecule has 0 fully saturated rings. The van der Waals surface area contributed by atoms with E-state index in [1.54, 1.807) is 30.3 Å². The summed E-state index contributed by atoms with van der Waals surface area (Å²) in [7, 11) is 0. The van der Waals surface area contributed by atoms with E-state index >= 15 is 0 Å². The van der Waals surface area contributed by atoms with Crippen LogP contribution in [-0.2, 0) is 16.1 Å². The Bertz CT molecular complexity index is 341. The van der Waals surface area contributed by atoms with E-state index in [-0.39, 0.29) is 41.2 Å². The van der Waals surface area contributed by atoms with Crippen LogP contribution in [0.1, 0.15) is 5.56 Å². The summed E-state index contributed by atoms with van der Waals surface area (Å²) in [5.74, 6) is -3.02. The Morgan fingerprint density at radius 3 is 2.20 bits per heavy atom. The number of hydroxylamine groups is 2. The van der Waals surface area contributed by atoms with Crippen molar-refractivity contribution in [2.75, 3.05) is 0 Å². The van der Waals surface area contributed by atoms with Gasteiger partial charge in [0.15, 0.2) is 0 Å². The molecular weight excluding hydrogens is 209 g/mol. The van der Waals surface area contributed by atoms with Crippen molar-refractivity contribution in [3.05, 3.63) is 35.9 Å². The third-order valence-corrected chi connectivity index (χ3v) is 1.59. The molecule has 0 aliphatic carbocycles. The molecule has 1 aromatic rings. The first-order valence-electron chi connectivity index (χ1n) is 3.89. The maximum atomic E-state index is 10.7. The van der Waals surface area contributed by atoms with E-state index in [1.165, 1.54) is 0 Å². The summed E-state index contributed by atoms with van der Waals surface area (Å²) in [6.45, 7) is -0.133. The first-order chi connectivity index (χ1) is 6.61. The Hall–Kier alpha value is -0.880. The van der Waals surface area contributed by atoms with Gasteiger partial charge < -0.3 is 5.11 Å². The number of carbonyl (C=O) groups is 2. The first kappa shape index (κ1) is 14.1. The van der Waals surface area contributed by atoms with Crippen molar-refractivity contribution in [2.45, 2.75) is 6.54 Å². The van der Waals surface area contributed by atoms with E-state index in [0.29, 0.717) is 5.56 Å². The standard InChI is InChI=1S/C9H9NO4.Na.H/c11-8(9(12)13)10(14)6-7-4-2-1-3-5-7;;/h1-5,14H,6H2,(H,12,13);;. The number of carboxylic acid groups (broad SMARTS) is 1. The molecule has 0 aromatic heterocycles. The number of nitrogens with zero attached hydrogens (tertiary/aromatic N) is 1. The molecule has 0 unspecified atom stereocenters. The average molecular weight is 219 g/mol. The van der Waals surface area contributed by atoms with Gasteiger partial charge in [0, 0.05) is 0 Å². The third-order valence-electron chi connectivity index (χ3n) is 1.59. The summed E-state index contributed by atoms with van der Waals surface area (Å²) in [6, 6.07) is 8.60. The van der Waals surface area contributed by atoms with Gasteiger partial charge in [0.05, 0.1) is 6.54 Å². The van der Waals surface area contributed by atoms with E-state index in [0.717, 1.165) is 0 Å². The Morgan fingerprint density at radius 2 is 1.73 bits per heavy atom. The summed E-state index contributed by atoms with van der Waals surface area (Å²) in [5, 5.41) is 17.5. The minimum absolute atomic E-state index is 0. The Morgan fingerprint density at radius 1 is 1.20 bits per heavy atom. The first-order valence-corrected chi connectivity index (χ1v) is 3.89. The molecule has 1 rings (SSSR count). The van der Waals surface area contributed by atoms with Crippen LogP contribution in [0.15, 0.2) is 30.3 Å². The van der Waals surface area contributed by atoms with Crippen LogP contribution in [0.25, 0.3) is 0 Å². The van der Waals surface area contributed by atoms with E-state index in [4.69, 9.17) is 10.3 Å². The summed E-state index contributed by atoms with van der Waals surface area (Å²) >= 11 is 0. The van der Waals surface area contributed by atoms with Crippen LogP contribution in [-0.4, -0.2) is 56.8 Å². The van der Waals surface area contributed by atoms with Crippen LogP contribution < -0.4 is 0 Å². The summed E-state index contributed by atoms with van der Waals surface area (Å²) < 4.78 is 0. The molecule has 0 bridgehead atoms. The average Bonchev–Trinajstić information content (AvgIpc) is 2.18. The number of aliphatic carboxylic acids is 1. The molecule has 0 saturated carbocycles. The number of carbonyl (C=O) groups excluding carboxylic acids is 1. The second-order valence-electron chi connectivity index (χ2n) is 2.65. The number of carboxylic acids is 1. The number of benzene rings is 1. The van der Waals surface area contributed by atoms with Crippen molar-refractivity contribution in [3.63, 3.8) is 0 Å². The van der Waals surface area contributed by atoms with Crippen LogP contribution >= 0.6 is 0 Å². The van der Waals surface area contributed by atoms with Crippen molar-refractivity contribution in [1.29, 1.82) is 0 Å². The predicted molar refractivity (Wildman–Crippen MR) is 53.6 cm³/mol. The van der Waals surface area contributed by atoms with Gasteiger partial charge in [-0.1, -0.05) is 30.3 Å². The monoisotopic (exact) mass is 219 g/mol. The molecule has 0 aliphatic heterocycles. The fourth-order valence-corrected chi connectivity index (χ4v) is 0.939. The van der Waals surface area contributed by atoms with Gasteiger partial charge in [-0.2, -0.15) is 0 Å². The zero-order valence-corrected chi connectivity index (χ0v) is 7.25. The van der Waals surface area contributed by atoms with E-state index in [1.807, 2.05) is 0 Å². The van der Waals surface area contributed by atoms with Gasteiger partial charge in [-0.05, 0) is 5.56 Å². The number of hydrogen-bond donors (Lipinski definition) is 2. The SMILES string of the molecule is O=C(O)C(=O)N(O)Cc1ccccc1.[NaH]. The fourth-order valence-electron chi connectivity index (χ4n) is 0.939. The van der Waals surface area contributed by atoms with Gasteiger partial charge in [0.25, 0.3) is 0 Å². The van der Waals surface area contributed by atoms with Crippen molar-refractivity contribution in [2.24, 2.45) is 0 Å². The Kier molecular flexibility index (Phi) is 6.19. The van der Waals surface area contributed by atoms with Crippen LogP contribution in [0.4, 0.5) is 0 Å². The number of rotatable bonds is 2. The summed E-state index contributed by atoms with van der Waals surface area (Å²) in [5.41, 5.74) is 0.657. The molecule has 0 saturated heterocycles. The zero-order valence-electron chi connectivity index (χ0n) is 7.25. The Balaban J connectivity index is 0.00000196. The molecule has 1 aromatic carbocycles. The molecule has 15 heavy (non-hydrogen) atoms. The zero-order chi connectivity index (χ0) is 10.6. The van der Waals surface area contributed by atoms with Gasteiger partial charge in [-0.25, -0.2) is 9.86 Å². The maximum absolute atomic E-state index is 10.7. The van der Waals surface area contributed by atoms with Gasteiger partial charge in [-0.15, -0.1) is 0 Å². The van der Waals surface area contributed by atoms with Crippen molar-refractivity contribution in [1.82, 2.24) is 5.06 Å². The third kappa shape index (κ3) is 4.44. The van der Waals surface area contributed by atoms with Crippen LogP contribution in [0, 0.1) is 0 Å². The quantitative estimate of drug-likeness (QED) is 0.313. The molecule has 76 valence electrons. The van der Waals surface area contributed by atoms with Gasteiger partial charge in [-0.3, -0.25) is 10.0 Å². The second kappa shape index (κ2) is 6.58. The van der Waals surface area contributed by atoms with E-state index < -0.39 is 11.9 Å². The normalized spacial score (nSPS) is 8.87. The number of amides is 1. The molecule has 0 atom stereocenters.